The molecular weight excluding hydrogens is 286 g/mol. The third-order valence-corrected chi connectivity index (χ3v) is 5.21. The van der Waals surface area contributed by atoms with Crippen LogP contribution < -0.4 is 10.6 Å². The van der Waals surface area contributed by atoms with Crippen molar-refractivity contribution in [2.75, 3.05) is 11.4 Å². The molecule has 5 heteroatoms. The molecule has 0 spiro atoms. The fourth-order valence-electron chi connectivity index (χ4n) is 3.88. The molecule has 1 saturated carbocycles. The quantitative estimate of drug-likeness (QED) is 0.388. The molecule has 0 amide bonds. The molecule has 1 aromatic rings. The van der Waals surface area contributed by atoms with E-state index in [0.717, 1.165) is 18.2 Å². The number of nitrogens with two attached hydrogens (primary N) is 1. The van der Waals surface area contributed by atoms with E-state index < -0.39 is 0 Å². The zero-order valence-corrected chi connectivity index (χ0v) is 12.9. The summed E-state index contributed by atoms with van der Waals surface area (Å²) in [6.45, 7) is 1.07. The van der Waals surface area contributed by atoms with E-state index in [1.165, 1.54) is 38.5 Å². The maximum Gasteiger partial charge on any atom is 0.170 e. The number of oxime groups is 1. The predicted octanol–water partition coefficient (Wildman–Crippen LogP) is 3.59. The lowest BCUT2D eigenvalue weighted by atomic mass is 9.95. The van der Waals surface area contributed by atoms with E-state index in [-0.39, 0.29) is 5.84 Å². The summed E-state index contributed by atoms with van der Waals surface area (Å²) in [5, 5.41) is 12.5. The van der Waals surface area contributed by atoms with Gasteiger partial charge in [0.2, 0.25) is 0 Å². The van der Waals surface area contributed by atoms with Gasteiger partial charge >= 0.3 is 0 Å². The Morgan fingerprint density at radius 3 is 2.67 bits per heavy atom. The van der Waals surface area contributed by atoms with Crippen LogP contribution in [0.3, 0.4) is 0 Å². The summed E-state index contributed by atoms with van der Waals surface area (Å²) >= 11 is 6.45. The Hall–Kier alpha value is -1.42. The Labute approximate surface area is 130 Å². The minimum Gasteiger partial charge on any atom is -0.409 e. The van der Waals surface area contributed by atoms with E-state index in [1.807, 2.05) is 12.1 Å². The van der Waals surface area contributed by atoms with Crippen LogP contribution in [0.4, 0.5) is 5.69 Å². The van der Waals surface area contributed by atoms with E-state index in [4.69, 9.17) is 22.5 Å². The lowest BCUT2D eigenvalue weighted by molar-refractivity contribution is 0.318. The molecule has 0 radical (unpaired) electrons. The summed E-state index contributed by atoms with van der Waals surface area (Å²) in [5.41, 5.74) is 7.36. The van der Waals surface area contributed by atoms with Crippen LogP contribution in [0, 0.1) is 5.92 Å². The molecular formula is C16H22ClN3O. The van der Waals surface area contributed by atoms with Gasteiger partial charge in [-0.1, -0.05) is 29.6 Å². The van der Waals surface area contributed by atoms with E-state index in [9.17, 15) is 0 Å². The third-order valence-electron chi connectivity index (χ3n) is 4.90. The first-order chi connectivity index (χ1) is 10.2. The third kappa shape index (κ3) is 2.82. The highest BCUT2D eigenvalue weighted by atomic mass is 35.5. The van der Waals surface area contributed by atoms with Gasteiger partial charge in [0.05, 0.1) is 10.7 Å². The van der Waals surface area contributed by atoms with Crippen LogP contribution in [0.2, 0.25) is 5.02 Å². The maximum atomic E-state index is 8.75. The molecule has 1 aliphatic heterocycles. The van der Waals surface area contributed by atoms with E-state index in [1.54, 1.807) is 6.07 Å². The van der Waals surface area contributed by atoms with Gasteiger partial charge in [0, 0.05) is 18.2 Å². The van der Waals surface area contributed by atoms with E-state index >= 15 is 0 Å². The number of nitrogens with zero attached hydrogens (tertiary/aromatic N) is 2. The lowest BCUT2D eigenvalue weighted by Crippen LogP contribution is -2.34. The number of halogens is 1. The van der Waals surface area contributed by atoms with Gasteiger partial charge < -0.3 is 15.8 Å². The number of amidine groups is 1. The van der Waals surface area contributed by atoms with Crippen LogP contribution in [0.15, 0.2) is 23.4 Å². The Bertz CT molecular complexity index is 540. The topological polar surface area (TPSA) is 61.9 Å². The molecule has 1 aromatic carbocycles. The van der Waals surface area contributed by atoms with Crippen molar-refractivity contribution in [3.63, 3.8) is 0 Å². The first kappa shape index (κ1) is 14.5. The number of hydrogen-bond donors (Lipinski definition) is 2. The number of hydrogen-bond acceptors (Lipinski definition) is 3. The average Bonchev–Trinajstić information content (AvgIpc) is 3.16. The molecule has 1 unspecified atom stereocenters. The molecule has 114 valence electrons. The van der Waals surface area contributed by atoms with Crippen molar-refractivity contribution in [1.29, 1.82) is 0 Å². The van der Waals surface area contributed by atoms with Gasteiger partial charge in [0.25, 0.3) is 0 Å². The molecule has 1 aliphatic carbocycles. The van der Waals surface area contributed by atoms with Crippen LogP contribution in [-0.2, 0) is 0 Å². The largest absolute Gasteiger partial charge is 0.409 e. The summed E-state index contributed by atoms with van der Waals surface area (Å²) in [7, 11) is 0. The van der Waals surface area contributed by atoms with Crippen molar-refractivity contribution in [3.05, 3.63) is 28.8 Å². The van der Waals surface area contributed by atoms with Gasteiger partial charge in [0.1, 0.15) is 0 Å². The Kier molecular flexibility index (Phi) is 4.24. The zero-order valence-electron chi connectivity index (χ0n) is 12.1. The molecule has 4 nitrogen and oxygen atoms in total. The van der Waals surface area contributed by atoms with Crippen LogP contribution in [0.5, 0.6) is 0 Å². The van der Waals surface area contributed by atoms with Crippen LogP contribution in [0.1, 0.15) is 44.1 Å². The molecule has 3 N–H and O–H groups in total. The zero-order chi connectivity index (χ0) is 14.8. The maximum absolute atomic E-state index is 8.75. The SMILES string of the molecule is NC(=NO)c1ccc(N2CCCC2C2CCCC2)c(Cl)c1. The minimum absolute atomic E-state index is 0.0946. The normalized spacial score (nSPS) is 24.0. The number of benzene rings is 1. The molecule has 3 rings (SSSR count). The molecule has 1 saturated heterocycles. The Balaban J connectivity index is 1.85. The first-order valence-corrected chi connectivity index (χ1v) is 8.12. The van der Waals surface area contributed by atoms with Gasteiger partial charge in [-0.15, -0.1) is 0 Å². The van der Waals surface area contributed by atoms with Gasteiger partial charge in [-0.25, -0.2) is 0 Å². The van der Waals surface area contributed by atoms with Crippen LogP contribution >= 0.6 is 11.6 Å². The lowest BCUT2D eigenvalue weighted by Gasteiger charge is -2.32. The summed E-state index contributed by atoms with van der Waals surface area (Å²) in [5.74, 6) is 0.907. The first-order valence-electron chi connectivity index (χ1n) is 7.75. The van der Waals surface area contributed by atoms with Crippen molar-refractivity contribution >= 4 is 23.1 Å². The Morgan fingerprint density at radius 2 is 2.00 bits per heavy atom. The predicted molar refractivity (Wildman–Crippen MR) is 86.3 cm³/mol. The van der Waals surface area contributed by atoms with Crippen molar-refractivity contribution in [2.24, 2.45) is 16.8 Å². The fourth-order valence-corrected chi connectivity index (χ4v) is 4.17. The summed E-state index contributed by atoms with van der Waals surface area (Å²) < 4.78 is 0. The van der Waals surface area contributed by atoms with Crippen LogP contribution in [0.25, 0.3) is 0 Å². The summed E-state index contributed by atoms with van der Waals surface area (Å²) in [4.78, 5) is 2.47. The summed E-state index contributed by atoms with van der Waals surface area (Å²) in [6.07, 6.45) is 7.93. The minimum atomic E-state index is 0.0946. The molecule has 1 heterocycles. The Morgan fingerprint density at radius 1 is 1.24 bits per heavy atom. The van der Waals surface area contributed by atoms with Gasteiger partial charge in [-0.2, -0.15) is 0 Å². The highest BCUT2D eigenvalue weighted by molar-refractivity contribution is 6.33. The van der Waals surface area contributed by atoms with Crippen molar-refractivity contribution in [3.8, 4) is 0 Å². The molecule has 0 aromatic heterocycles. The molecule has 0 bridgehead atoms. The van der Waals surface area contributed by atoms with Crippen LogP contribution in [-0.4, -0.2) is 23.6 Å². The molecule has 21 heavy (non-hydrogen) atoms. The number of anilines is 1. The second-order valence-electron chi connectivity index (χ2n) is 6.10. The van der Waals surface area contributed by atoms with Crippen molar-refractivity contribution in [2.45, 2.75) is 44.6 Å². The second kappa shape index (κ2) is 6.14. The summed E-state index contributed by atoms with van der Waals surface area (Å²) in [6, 6.07) is 6.29. The van der Waals surface area contributed by atoms with Crippen molar-refractivity contribution < 1.29 is 5.21 Å². The molecule has 1 atom stereocenters. The van der Waals surface area contributed by atoms with Gasteiger partial charge in [0.15, 0.2) is 5.84 Å². The number of rotatable bonds is 3. The fraction of sp³-hybridized carbons (Fsp3) is 0.562. The van der Waals surface area contributed by atoms with Gasteiger partial charge in [-0.3, -0.25) is 0 Å². The van der Waals surface area contributed by atoms with Crippen molar-refractivity contribution in [1.82, 2.24) is 0 Å². The van der Waals surface area contributed by atoms with E-state index in [2.05, 4.69) is 10.1 Å². The molecule has 2 aliphatic rings. The monoisotopic (exact) mass is 307 g/mol. The average molecular weight is 308 g/mol. The van der Waals surface area contributed by atoms with Gasteiger partial charge in [-0.05, 0) is 49.8 Å². The highest BCUT2D eigenvalue weighted by Crippen LogP contribution is 2.40. The standard InChI is InChI=1S/C16H22ClN3O/c17-13-10-12(16(18)19-21)7-8-15(13)20-9-3-6-14(20)11-4-1-2-5-11/h7-8,10-11,14,21H,1-6,9H2,(H2,18,19). The van der Waals surface area contributed by atoms with E-state index in [0.29, 0.717) is 16.6 Å². The smallest absolute Gasteiger partial charge is 0.170 e. The second-order valence-corrected chi connectivity index (χ2v) is 6.51. The highest BCUT2D eigenvalue weighted by Gasteiger charge is 2.34. The molecule has 2 fully saturated rings.